The van der Waals surface area contributed by atoms with E-state index in [-0.39, 0.29) is 6.03 Å². The maximum Gasteiger partial charge on any atom is 0.317 e. The molecule has 2 amide bonds. The molecule has 0 atom stereocenters. The molecule has 1 aliphatic heterocycles. The number of aromatic nitrogens is 1. The van der Waals surface area contributed by atoms with Crippen LogP contribution in [-0.2, 0) is 6.54 Å². The van der Waals surface area contributed by atoms with Crippen molar-refractivity contribution >= 4 is 6.03 Å². The first kappa shape index (κ1) is 19.0. The average molecular weight is 383 g/mol. The second-order valence-electron chi connectivity index (χ2n) is 7.94. The maximum absolute atomic E-state index is 12.5. The molecule has 28 heavy (non-hydrogen) atoms. The molecule has 0 bridgehead atoms. The van der Waals surface area contributed by atoms with Gasteiger partial charge >= 0.3 is 6.03 Å². The molecular weight excluding hydrogens is 352 g/mol. The Morgan fingerprint density at radius 1 is 1.11 bits per heavy atom. The van der Waals surface area contributed by atoms with Gasteiger partial charge in [0.05, 0.1) is 5.69 Å². The van der Waals surface area contributed by atoms with Crippen LogP contribution in [0.25, 0.3) is 11.5 Å². The highest BCUT2D eigenvalue weighted by Gasteiger charge is 2.25. The predicted molar refractivity (Wildman–Crippen MR) is 109 cm³/mol. The summed E-state index contributed by atoms with van der Waals surface area (Å²) < 4.78 is 5.87. The van der Waals surface area contributed by atoms with Gasteiger partial charge in [0.15, 0.2) is 0 Å². The van der Waals surface area contributed by atoms with Gasteiger partial charge in [-0.05, 0) is 31.9 Å². The smallest absolute Gasteiger partial charge is 0.317 e. The topological polar surface area (TPSA) is 61.6 Å². The first-order valence-corrected chi connectivity index (χ1v) is 10.5. The van der Waals surface area contributed by atoms with E-state index in [1.54, 1.807) is 0 Å². The Labute approximate surface area is 166 Å². The summed E-state index contributed by atoms with van der Waals surface area (Å²) in [6.45, 7) is 6.00. The first-order chi connectivity index (χ1) is 13.7. The van der Waals surface area contributed by atoms with Crippen molar-refractivity contribution in [2.45, 2.75) is 51.6 Å². The van der Waals surface area contributed by atoms with E-state index >= 15 is 0 Å². The molecule has 1 N–H and O–H groups in total. The Bertz CT molecular complexity index is 775. The van der Waals surface area contributed by atoms with Crippen molar-refractivity contribution in [3.05, 3.63) is 41.8 Å². The highest BCUT2D eigenvalue weighted by molar-refractivity contribution is 5.74. The molecule has 150 valence electrons. The number of nitrogens with one attached hydrogen (secondary N) is 1. The lowest BCUT2D eigenvalue weighted by Crippen LogP contribution is -2.53. The Balaban J connectivity index is 1.29. The minimum absolute atomic E-state index is 0.107. The van der Waals surface area contributed by atoms with Crippen LogP contribution in [0.2, 0.25) is 0 Å². The normalized spacial score (nSPS) is 19.0. The number of urea groups is 1. The van der Waals surface area contributed by atoms with Gasteiger partial charge in [-0.3, -0.25) is 4.90 Å². The van der Waals surface area contributed by atoms with Crippen LogP contribution in [0.4, 0.5) is 4.79 Å². The van der Waals surface area contributed by atoms with E-state index in [1.165, 1.54) is 19.3 Å². The molecule has 6 nitrogen and oxygen atoms in total. The molecule has 4 rings (SSSR count). The second-order valence-corrected chi connectivity index (χ2v) is 7.94. The summed E-state index contributed by atoms with van der Waals surface area (Å²) in [6, 6.07) is 10.5. The number of piperazine rings is 1. The fraction of sp³-hybridized carbons (Fsp3) is 0.545. The Kier molecular flexibility index (Phi) is 5.95. The first-order valence-electron chi connectivity index (χ1n) is 10.5. The SMILES string of the molecule is Cc1oc(-c2ccccc2)nc1CN1CCN(C(=O)NC2CCCCC2)CC1. The van der Waals surface area contributed by atoms with E-state index in [2.05, 4.69) is 10.2 Å². The minimum atomic E-state index is 0.107. The maximum atomic E-state index is 12.5. The summed E-state index contributed by atoms with van der Waals surface area (Å²) >= 11 is 0. The molecule has 2 aliphatic rings. The molecule has 6 heteroatoms. The monoisotopic (exact) mass is 382 g/mol. The van der Waals surface area contributed by atoms with Gasteiger partial charge in [-0.25, -0.2) is 9.78 Å². The third-order valence-corrected chi connectivity index (χ3v) is 5.88. The molecule has 1 aromatic carbocycles. The Hall–Kier alpha value is -2.34. The molecule has 1 aromatic heterocycles. The third-order valence-electron chi connectivity index (χ3n) is 5.88. The van der Waals surface area contributed by atoms with Crippen molar-refractivity contribution in [3.8, 4) is 11.5 Å². The van der Waals surface area contributed by atoms with Gasteiger partial charge in [0.2, 0.25) is 5.89 Å². The van der Waals surface area contributed by atoms with Crippen LogP contribution in [0.1, 0.15) is 43.6 Å². The zero-order valence-electron chi connectivity index (χ0n) is 16.7. The number of benzene rings is 1. The van der Waals surface area contributed by atoms with Gasteiger partial charge in [-0.1, -0.05) is 37.5 Å². The highest BCUT2D eigenvalue weighted by atomic mass is 16.4. The van der Waals surface area contributed by atoms with Crippen LogP contribution in [0, 0.1) is 6.92 Å². The van der Waals surface area contributed by atoms with E-state index in [9.17, 15) is 4.79 Å². The fourth-order valence-corrected chi connectivity index (χ4v) is 4.11. The van der Waals surface area contributed by atoms with Crippen molar-refractivity contribution in [2.75, 3.05) is 26.2 Å². The highest BCUT2D eigenvalue weighted by Crippen LogP contribution is 2.23. The van der Waals surface area contributed by atoms with Crippen LogP contribution >= 0.6 is 0 Å². The van der Waals surface area contributed by atoms with Gasteiger partial charge in [0.1, 0.15) is 5.76 Å². The van der Waals surface area contributed by atoms with Gasteiger partial charge in [-0.2, -0.15) is 0 Å². The van der Waals surface area contributed by atoms with Crippen LogP contribution in [0.5, 0.6) is 0 Å². The van der Waals surface area contributed by atoms with Gasteiger partial charge in [-0.15, -0.1) is 0 Å². The summed E-state index contributed by atoms with van der Waals surface area (Å²) in [7, 11) is 0. The predicted octanol–water partition coefficient (Wildman–Crippen LogP) is 3.81. The number of hydrogen-bond acceptors (Lipinski definition) is 4. The zero-order valence-corrected chi connectivity index (χ0v) is 16.7. The number of carbonyl (C=O) groups excluding carboxylic acids is 1. The number of amides is 2. The number of rotatable bonds is 4. The molecule has 2 heterocycles. The average Bonchev–Trinajstić information content (AvgIpc) is 3.10. The van der Waals surface area contributed by atoms with Gasteiger partial charge in [0, 0.05) is 44.3 Å². The Morgan fingerprint density at radius 2 is 1.82 bits per heavy atom. The van der Waals surface area contributed by atoms with Crippen molar-refractivity contribution in [1.82, 2.24) is 20.1 Å². The number of hydrogen-bond donors (Lipinski definition) is 1. The van der Waals surface area contributed by atoms with E-state index in [0.717, 1.165) is 62.6 Å². The number of oxazole rings is 1. The molecule has 2 aromatic rings. The third kappa shape index (κ3) is 4.55. The molecule has 0 unspecified atom stereocenters. The zero-order chi connectivity index (χ0) is 19.3. The minimum Gasteiger partial charge on any atom is -0.441 e. The van der Waals surface area contributed by atoms with Crippen LogP contribution < -0.4 is 5.32 Å². The number of aryl methyl sites for hydroxylation is 1. The summed E-state index contributed by atoms with van der Waals surface area (Å²) in [4.78, 5) is 21.5. The lowest BCUT2D eigenvalue weighted by Gasteiger charge is -2.35. The molecule has 1 aliphatic carbocycles. The van der Waals surface area contributed by atoms with Crippen molar-refractivity contribution in [1.29, 1.82) is 0 Å². The molecule has 1 saturated carbocycles. The van der Waals surface area contributed by atoms with Crippen molar-refractivity contribution in [3.63, 3.8) is 0 Å². The lowest BCUT2D eigenvalue weighted by molar-refractivity contribution is 0.131. The van der Waals surface area contributed by atoms with Crippen molar-refractivity contribution in [2.24, 2.45) is 0 Å². The van der Waals surface area contributed by atoms with Crippen LogP contribution in [0.3, 0.4) is 0 Å². The number of carbonyl (C=O) groups is 1. The molecule has 2 fully saturated rings. The summed E-state index contributed by atoms with van der Waals surface area (Å²) in [5, 5.41) is 3.22. The quantitative estimate of drug-likeness (QED) is 0.873. The van der Waals surface area contributed by atoms with E-state index < -0.39 is 0 Å². The summed E-state index contributed by atoms with van der Waals surface area (Å²) in [5.74, 6) is 1.55. The molecular formula is C22H30N4O2. The lowest BCUT2D eigenvalue weighted by atomic mass is 9.96. The summed E-state index contributed by atoms with van der Waals surface area (Å²) in [5.41, 5.74) is 1.99. The second kappa shape index (κ2) is 8.78. The standard InChI is InChI=1S/C22H30N4O2/c1-17-20(24-21(28-17)18-8-4-2-5-9-18)16-25-12-14-26(15-13-25)22(27)23-19-10-6-3-7-11-19/h2,4-5,8-9,19H,3,6-7,10-16H2,1H3,(H,23,27). The van der Waals surface area contributed by atoms with Crippen molar-refractivity contribution < 1.29 is 9.21 Å². The van der Waals surface area contributed by atoms with E-state index in [1.807, 2.05) is 42.2 Å². The Morgan fingerprint density at radius 3 is 2.54 bits per heavy atom. The summed E-state index contributed by atoms with van der Waals surface area (Å²) in [6.07, 6.45) is 6.03. The van der Waals surface area contributed by atoms with E-state index in [4.69, 9.17) is 9.40 Å². The molecule has 1 saturated heterocycles. The number of nitrogens with zero attached hydrogens (tertiary/aromatic N) is 3. The van der Waals surface area contributed by atoms with Crippen LogP contribution in [-0.4, -0.2) is 53.0 Å². The largest absolute Gasteiger partial charge is 0.441 e. The van der Waals surface area contributed by atoms with E-state index in [0.29, 0.717) is 11.9 Å². The molecule has 0 spiro atoms. The van der Waals surface area contributed by atoms with Gasteiger partial charge in [0.25, 0.3) is 0 Å². The van der Waals surface area contributed by atoms with Crippen LogP contribution in [0.15, 0.2) is 34.7 Å². The van der Waals surface area contributed by atoms with Gasteiger partial charge < -0.3 is 14.6 Å². The molecule has 0 radical (unpaired) electrons. The fourth-order valence-electron chi connectivity index (χ4n) is 4.11.